The van der Waals surface area contributed by atoms with E-state index in [-0.39, 0.29) is 6.42 Å². The van der Waals surface area contributed by atoms with Gasteiger partial charge in [-0.2, -0.15) is 0 Å². The van der Waals surface area contributed by atoms with Crippen LogP contribution in [0.25, 0.3) is 0 Å². The summed E-state index contributed by atoms with van der Waals surface area (Å²) >= 11 is 0. The largest absolute Gasteiger partial charge is 0.497 e. The Morgan fingerprint density at radius 1 is 0.794 bits per heavy atom. The van der Waals surface area contributed by atoms with Crippen molar-refractivity contribution in [1.82, 2.24) is 0 Å². The van der Waals surface area contributed by atoms with Gasteiger partial charge in [-0.1, -0.05) is 60.7 Å². The number of methoxy groups -OCH3 is 3. The van der Waals surface area contributed by atoms with Gasteiger partial charge < -0.3 is 14.2 Å². The fourth-order valence-electron chi connectivity index (χ4n) is 4.51. The number of rotatable bonds is 6. The van der Waals surface area contributed by atoms with Gasteiger partial charge in [0.25, 0.3) is 0 Å². The molecule has 0 bridgehead atoms. The molecule has 1 aliphatic rings. The number of esters is 2. The molecule has 1 aliphatic heterocycles. The van der Waals surface area contributed by atoms with E-state index in [2.05, 4.69) is 0 Å². The maximum absolute atomic E-state index is 13.5. The molecule has 1 fully saturated rings. The maximum Gasteiger partial charge on any atom is 0.325 e. The number of benzene rings is 3. The molecule has 0 saturated carbocycles. The lowest BCUT2D eigenvalue weighted by Gasteiger charge is -2.49. The zero-order valence-corrected chi connectivity index (χ0v) is 19.3. The van der Waals surface area contributed by atoms with Gasteiger partial charge in [-0.15, -0.1) is 0 Å². The minimum absolute atomic E-state index is 0.0381. The molecule has 0 unspecified atom stereocenters. The average molecular weight is 462 g/mol. The molecule has 3 aromatic carbocycles. The topological polar surface area (TPSA) is 74.3 Å². The van der Waals surface area contributed by atoms with Gasteiger partial charge in [0.05, 0.1) is 27.0 Å². The number of para-hydroxylation sites is 1. The van der Waals surface area contributed by atoms with Crippen LogP contribution in [0.5, 0.6) is 5.75 Å². The number of hydroxylamine groups is 1. The van der Waals surface area contributed by atoms with Crippen LogP contribution in [0, 0.1) is 5.41 Å². The molecule has 176 valence electrons. The molecule has 0 N–H and O–H groups in total. The molecular formula is C27H27NO6. The Kier molecular flexibility index (Phi) is 6.84. The van der Waals surface area contributed by atoms with E-state index in [0.29, 0.717) is 17.0 Å². The number of nitrogens with zero attached hydrogens (tertiary/aromatic N) is 1. The van der Waals surface area contributed by atoms with E-state index in [1.54, 1.807) is 24.3 Å². The van der Waals surface area contributed by atoms with Crippen LogP contribution in [0.15, 0.2) is 84.9 Å². The van der Waals surface area contributed by atoms with E-state index in [1.807, 2.05) is 72.8 Å². The van der Waals surface area contributed by atoms with Crippen LogP contribution >= 0.6 is 0 Å². The minimum Gasteiger partial charge on any atom is -0.497 e. The number of anilines is 1. The lowest BCUT2D eigenvalue weighted by molar-refractivity contribution is -0.186. The van der Waals surface area contributed by atoms with Crippen LogP contribution in [-0.4, -0.2) is 33.3 Å². The summed E-state index contributed by atoms with van der Waals surface area (Å²) in [7, 11) is 4.13. The van der Waals surface area contributed by atoms with Crippen molar-refractivity contribution < 1.29 is 28.6 Å². The summed E-state index contributed by atoms with van der Waals surface area (Å²) in [6.07, 6.45) is -0.565. The normalized spacial score (nSPS) is 19.2. The highest BCUT2D eigenvalue weighted by Crippen LogP contribution is 2.53. The highest BCUT2D eigenvalue weighted by atomic mass is 16.7. The SMILES string of the molecule is COC(=O)C1(C(=O)OC)C[C@H](c2ccccc2)ON(c2ccccc2)[C@@H]1c1ccc(OC)cc1. The summed E-state index contributed by atoms with van der Waals surface area (Å²) < 4.78 is 15.8. The molecule has 0 amide bonds. The van der Waals surface area contributed by atoms with E-state index >= 15 is 0 Å². The third kappa shape index (κ3) is 4.10. The molecule has 4 rings (SSSR count). The first-order chi connectivity index (χ1) is 16.5. The Hall–Kier alpha value is -3.84. The van der Waals surface area contributed by atoms with Gasteiger partial charge >= 0.3 is 11.9 Å². The van der Waals surface area contributed by atoms with E-state index in [0.717, 1.165) is 5.56 Å². The Labute approximate surface area is 198 Å². The molecule has 1 heterocycles. The van der Waals surface area contributed by atoms with Gasteiger partial charge in [0.15, 0.2) is 5.41 Å². The molecule has 7 nitrogen and oxygen atoms in total. The van der Waals surface area contributed by atoms with Crippen molar-refractivity contribution in [3.63, 3.8) is 0 Å². The van der Waals surface area contributed by atoms with Crippen LogP contribution in [0.1, 0.15) is 29.7 Å². The number of carbonyl (C=O) groups is 2. The first-order valence-electron chi connectivity index (χ1n) is 10.9. The van der Waals surface area contributed by atoms with Crippen LogP contribution in [0.2, 0.25) is 0 Å². The van der Waals surface area contributed by atoms with Crippen molar-refractivity contribution in [2.24, 2.45) is 5.41 Å². The summed E-state index contributed by atoms with van der Waals surface area (Å²) in [4.78, 5) is 33.6. The summed E-state index contributed by atoms with van der Waals surface area (Å²) in [5.74, 6) is -0.730. The Morgan fingerprint density at radius 2 is 1.35 bits per heavy atom. The minimum atomic E-state index is -1.70. The zero-order valence-electron chi connectivity index (χ0n) is 19.3. The standard InChI is InChI=1S/C27H27NO6/c1-31-22-16-14-20(15-17-22)24-27(25(29)32-2,26(30)33-3)18-23(19-10-6-4-7-11-19)34-28(24)21-12-8-5-9-13-21/h4-17,23-24H,18H2,1-3H3/t23-,24-/m1/s1. The van der Waals surface area contributed by atoms with Gasteiger partial charge in [-0.25, -0.2) is 5.06 Å². The molecule has 2 atom stereocenters. The van der Waals surface area contributed by atoms with Gasteiger partial charge in [-0.05, 0) is 35.4 Å². The van der Waals surface area contributed by atoms with Crippen molar-refractivity contribution in [3.05, 3.63) is 96.1 Å². The highest BCUT2D eigenvalue weighted by molar-refractivity contribution is 6.02. The summed E-state index contributed by atoms with van der Waals surface area (Å²) in [5, 5.41) is 1.62. The highest BCUT2D eigenvalue weighted by Gasteiger charge is 2.62. The van der Waals surface area contributed by atoms with Crippen molar-refractivity contribution >= 4 is 17.6 Å². The van der Waals surface area contributed by atoms with Crippen LogP contribution in [0.3, 0.4) is 0 Å². The third-order valence-corrected chi connectivity index (χ3v) is 6.16. The van der Waals surface area contributed by atoms with Crippen LogP contribution in [0.4, 0.5) is 5.69 Å². The summed E-state index contributed by atoms with van der Waals surface area (Å²) in [6, 6.07) is 25.2. The number of hydrogen-bond donors (Lipinski definition) is 0. The van der Waals surface area contributed by atoms with E-state index in [1.165, 1.54) is 14.2 Å². The number of ether oxygens (including phenoxy) is 3. The van der Waals surface area contributed by atoms with E-state index < -0.39 is 29.5 Å². The van der Waals surface area contributed by atoms with E-state index in [9.17, 15) is 9.59 Å². The fourth-order valence-corrected chi connectivity index (χ4v) is 4.51. The molecule has 0 radical (unpaired) electrons. The first kappa shape index (κ1) is 23.3. The second-order valence-corrected chi connectivity index (χ2v) is 8.00. The Balaban J connectivity index is 1.96. The second-order valence-electron chi connectivity index (χ2n) is 8.00. The molecule has 7 heteroatoms. The average Bonchev–Trinajstić information content (AvgIpc) is 2.92. The van der Waals surface area contributed by atoms with Crippen LogP contribution < -0.4 is 9.80 Å². The Bertz CT molecular complexity index is 1100. The quantitative estimate of drug-likeness (QED) is 0.391. The summed E-state index contributed by atoms with van der Waals surface area (Å²) in [5.41, 5.74) is 0.481. The number of hydrogen-bond acceptors (Lipinski definition) is 7. The molecule has 1 saturated heterocycles. The summed E-state index contributed by atoms with van der Waals surface area (Å²) in [6.45, 7) is 0. The van der Waals surface area contributed by atoms with Gasteiger partial charge in [0.1, 0.15) is 17.9 Å². The predicted molar refractivity (Wildman–Crippen MR) is 126 cm³/mol. The molecule has 0 aromatic heterocycles. The monoisotopic (exact) mass is 461 g/mol. The lowest BCUT2D eigenvalue weighted by Crippen LogP contribution is -2.56. The molecule has 0 spiro atoms. The second kappa shape index (κ2) is 9.97. The predicted octanol–water partition coefficient (Wildman–Crippen LogP) is 4.65. The Morgan fingerprint density at radius 3 is 1.88 bits per heavy atom. The maximum atomic E-state index is 13.5. The molecule has 34 heavy (non-hydrogen) atoms. The van der Waals surface area contributed by atoms with Gasteiger partial charge in [0.2, 0.25) is 0 Å². The van der Waals surface area contributed by atoms with Crippen molar-refractivity contribution in [2.75, 3.05) is 26.4 Å². The number of carbonyl (C=O) groups excluding carboxylic acids is 2. The van der Waals surface area contributed by atoms with Crippen LogP contribution in [-0.2, 0) is 23.9 Å². The third-order valence-electron chi connectivity index (χ3n) is 6.16. The van der Waals surface area contributed by atoms with Gasteiger partial charge in [-0.3, -0.25) is 14.4 Å². The molecule has 0 aliphatic carbocycles. The van der Waals surface area contributed by atoms with Crippen molar-refractivity contribution in [1.29, 1.82) is 0 Å². The van der Waals surface area contributed by atoms with Gasteiger partial charge in [0, 0.05) is 6.42 Å². The zero-order chi connectivity index (χ0) is 24.1. The first-order valence-corrected chi connectivity index (χ1v) is 10.9. The smallest absolute Gasteiger partial charge is 0.325 e. The molecular weight excluding hydrogens is 434 g/mol. The lowest BCUT2D eigenvalue weighted by atomic mass is 9.70. The molecule has 3 aromatic rings. The van der Waals surface area contributed by atoms with Crippen molar-refractivity contribution in [3.8, 4) is 5.75 Å². The van der Waals surface area contributed by atoms with Crippen molar-refractivity contribution in [2.45, 2.75) is 18.6 Å². The fraction of sp³-hybridized carbons (Fsp3) is 0.259. The van der Waals surface area contributed by atoms with E-state index in [4.69, 9.17) is 19.0 Å².